The highest BCUT2D eigenvalue weighted by molar-refractivity contribution is 7.99. The summed E-state index contributed by atoms with van der Waals surface area (Å²) in [6, 6.07) is 13.7. The van der Waals surface area contributed by atoms with E-state index in [4.69, 9.17) is 15.2 Å². The Balaban J connectivity index is 2.26. The third-order valence-corrected chi connectivity index (χ3v) is 3.92. The van der Waals surface area contributed by atoms with Crippen LogP contribution in [0.5, 0.6) is 17.2 Å². The predicted molar refractivity (Wildman–Crippen MR) is 88.4 cm³/mol. The summed E-state index contributed by atoms with van der Waals surface area (Å²) in [6.45, 7) is 5.19. The van der Waals surface area contributed by atoms with Gasteiger partial charge in [0.15, 0.2) is 0 Å². The molecule has 0 aliphatic carbocycles. The van der Waals surface area contributed by atoms with Crippen LogP contribution in [0.1, 0.15) is 19.4 Å². The topological polar surface area (TPSA) is 44.5 Å². The molecule has 2 rings (SSSR count). The second kappa shape index (κ2) is 7.96. The summed E-state index contributed by atoms with van der Waals surface area (Å²) in [4.78, 5) is 1.18. The first-order valence-electron chi connectivity index (χ1n) is 7.14. The van der Waals surface area contributed by atoms with Crippen LogP contribution in [0.25, 0.3) is 0 Å². The van der Waals surface area contributed by atoms with E-state index in [9.17, 15) is 0 Å². The second-order valence-corrected chi connectivity index (χ2v) is 5.69. The SMILES string of the molecule is CCOc1cccc(Oc2cccc(SCC)c2CN)c1. The minimum Gasteiger partial charge on any atom is -0.494 e. The van der Waals surface area contributed by atoms with Crippen molar-refractivity contribution in [1.82, 2.24) is 0 Å². The molecule has 0 aliphatic rings. The van der Waals surface area contributed by atoms with Crippen LogP contribution >= 0.6 is 11.8 Å². The predicted octanol–water partition coefficient (Wildman–Crippen LogP) is 4.45. The molecular formula is C17H21NO2S. The number of rotatable bonds is 7. The van der Waals surface area contributed by atoms with E-state index in [0.717, 1.165) is 28.6 Å². The van der Waals surface area contributed by atoms with Crippen LogP contribution in [0, 0.1) is 0 Å². The molecule has 2 aromatic carbocycles. The Bertz CT molecular complexity index is 587. The summed E-state index contributed by atoms with van der Waals surface area (Å²) in [5.74, 6) is 3.39. The van der Waals surface area contributed by atoms with Gasteiger partial charge in [0.2, 0.25) is 0 Å². The van der Waals surface area contributed by atoms with Gasteiger partial charge in [-0.15, -0.1) is 11.8 Å². The molecule has 0 saturated carbocycles. The first-order valence-corrected chi connectivity index (χ1v) is 8.12. The molecule has 0 atom stereocenters. The van der Waals surface area contributed by atoms with Crippen molar-refractivity contribution in [3.8, 4) is 17.2 Å². The van der Waals surface area contributed by atoms with Gasteiger partial charge in [-0.1, -0.05) is 19.1 Å². The van der Waals surface area contributed by atoms with Crippen molar-refractivity contribution in [2.75, 3.05) is 12.4 Å². The molecule has 0 unspecified atom stereocenters. The van der Waals surface area contributed by atoms with E-state index in [1.165, 1.54) is 4.90 Å². The van der Waals surface area contributed by atoms with Crippen molar-refractivity contribution >= 4 is 11.8 Å². The molecule has 0 aliphatic heterocycles. The fraction of sp³-hybridized carbons (Fsp3) is 0.294. The minimum atomic E-state index is 0.462. The van der Waals surface area contributed by atoms with E-state index in [1.54, 1.807) is 11.8 Å². The zero-order valence-electron chi connectivity index (χ0n) is 12.5. The summed E-state index contributed by atoms with van der Waals surface area (Å²) >= 11 is 1.78. The van der Waals surface area contributed by atoms with Gasteiger partial charge in [-0.3, -0.25) is 0 Å². The molecule has 2 N–H and O–H groups in total. The monoisotopic (exact) mass is 303 g/mol. The molecule has 2 aromatic rings. The summed E-state index contributed by atoms with van der Waals surface area (Å²) in [6.07, 6.45) is 0. The van der Waals surface area contributed by atoms with Crippen LogP contribution in [0.2, 0.25) is 0 Å². The van der Waals surface area contributed by atoms with E-state index in [1.807, 2.05) is 43.3 Å². The van der Waals surface area contributed by atoms with Gasteiger partial charge in [-0.2, -0.15) is 0 Å². The Morgan fingerprint density at radius 1 is 1.05 bits per heavy atom. The van der Waals surface area contributed by atoms with Gasteiger partial charge in [0, 0.05) is 23.1 Å². The maximum Gasteiger partial charge on any atom is 0.133 e. The summed E-state index contributed by atoms with van der Waals surface area (Å²) in [7, 11) is 0. The molecule has 0 amide bonds. The lowest BCUT2D eigenvalue weighted by Gasteiger charge is -2.14. The Morgan fingerprint density at radius 3 is 2.52 bits per heavy atom. The van der Waals surface area contributed by atoms with Crippen LogP contribution in [-0.2, 0) is 6.54 Å². The summed E-state index contributed by atoms with van der Waals surface area (Å²) < 4.78 is 11.5. The van der Waals surface area contributed by atoms with Crippen LogP contribution < -0.4 is 15.2 Å². The maximum atomic E-state index is 6.00. The van der Waals surface area contributed by atoms with Gasteiger partial charge in [0.25, 0.3) is 0 Å². The number of hydrogen-bond acceptors (Lipinski definition) is 4. The first kappa shape index (κ1) is 15.7. The Labute approximate surface area is 130 Å². The Morgan fingerprint density at radius 2 is 1.81 bits per heavy atom. The average Bonchev–Trinajstić information content (AvgIpc) is 2.49. The number of nitrogens with two attached hydrogens (primary N) is 1. The van der Waals surface area contributed by atoms with E-state index >= 15 is 0 Å². The van der Waals surface area contributed by atoms with Crippen LogP contribution in [0.3, 0.4) is 0 Å². The maximum absolute atomic E-state index is 6.00. The first-order chi connectivity index (χ1) is 10.3. The van der Waals surface area contributed by atoms with Crippen molar-refractivity contribution in [2.24, 2.45) is 5.73 Å². The molecule has 0 saturated heterocycles. The summed E-state index contributed by atoms with van der Waals surface area (Å²) in [5, 5.41) is 0. The molecule has 112 valence electrons. The van der Waals surface area contributed by atoms with Gasteiger partial charge < -0.3 is 15.2 Å². The second-order valence-electron chi connectivity index (χ2n) is 4.38. The zero-order chi connectivity index (χ0) is 15.1. The van der Waals surface area contributed by atoms with E-state index < -0.39 is 0 Å². The fourth-order valence-corrected chi connectivity index (χ4v) is 2.90. The largest absolute Gasteiger partial charge is 0.494 e. The smallest absolute Gasteiger partial charge is 0.133 e. The number of ether oxygens (including phenoxy) is 2. The molecule has 0 fully saturated rings. The van der Waals surface area contributed by atoms with Gasteiger partial charge in [-0.25, -0.2) is 0 Å². The lowest BCUT2D eigenvalue weighted by molar-refractivity contribution is 0.338. The standard InChI is InChI=1S/C17H21NO2S/c1-3-19-13-7-5-8-14(11-13)20-16-9-6-10-17(21-4-2)15(16)12-18/h5-11H,3-4,12,18H2,1-2H3. The van der Waals surface area contributed by atoms with Crippen molar-refractivity contribution < 1.29 is 9.47 Å². The zero-order valence-corrected chi connectivity index (χ0v) is 13.3. The third-order valence-electron chi connectivity index (χ3n) is 2.94. The Hall–Kier alpha value is -1.65. The highest BCUT2D eigenvalue weighted by atomic mass is 32.2. The Kier molecular flexibility index (Phi) is 5.96. The van der Waals surface area contributed by atoms with E-state index in [-0.39, 0.29) is 0 Å². The molecule has 0 radical (unpaired) electrons. The van der Waals surface area contributed by atoms with E-state index in [2.05, 4.69) is 13.0 Å². The van der Waals surface area contributed by atoms with Crippen molar-refractivity contribution in [1.29, 1.82) is 0 Å². The number of thioether (sulfide) groups is 1. The van der Waals surface area contributed by atoms with Crippen molar-refractivity contribution in [3.63, 3.8) is 0 Å². The molecule has 0 spiro atoms. The molecule has 0 aromatic heterocycles. The van der Waals surface area contributed by atoms with Gasteiger partial charge >= 0.3 is 0 Å². The molecule has 0 bridgehead atoms. The van der Waals surface area contributed by atoms with Crippen molar-refractivity contribution in [3.05, 3.63) is 48.0 Å². The van der Waals surface area contributed by atoms with Crippen LogP contribution in [0.15, 0.2) is 47.4 Å². The molecule has 21 heavy (non-hydrogen) atoms. The molecule has 3 nitrogen and oxygen atoms in total. The third kappa shape index (κ3) is 4.16. The van der Waals surface area contributed by atoms with Crippen molar-refractivity contribution in [2.45, 2.75) is 25.3 Å². The fourth-order valence-electron chi connectivity index (χ4n) is 2.05. The number of hydrogen-bond donors (Lipinski definition) is 1. The van der Waals surface area contributed by atoms with Gasteiger partial charge in [-0.05, 0) is 36.9 Å². The minimum absolute atomic E-state index is 0.462. The highest BCUT2D eigenvalue weighted by Gasteiger charge is 2.09. The van der Waals surface area contributed by atoms with Crippen LogP contribution in [-0.4, -0.2) is 12.4 Å². The van der Waals surface area contributed by atoms with Crippen LogP contribution in [0.4, 0.5) is 0 Å². The molecule has 0 heterocycles. The normalized spacial score (nSPS) is 10.4. The highest BCUT2D eigenvalue weighted by Crippen LogP contribution is 2.33. The van der Waals surface area contributed by atoms with Gasteiger partial charge in [0.05, 0.1) is 6.61 Å². The quantitative estimate of drug-likeness (QED) is 0.768. The average molecular weight is 303 g/mol. The van der Waals surface area contributed by atoms with E-state index in [0.29, 0.717) is 13.2 Å². The lowest BCUT2D eigenvalue weighted by Crippen LogP contribution is -2.02. The number of benzene rings is 2. The molecule has 4 heteroatoms. The lowest BCUT2D eigenvalue weighted by atomic mass is 10.2. The summed E-state index contributed by atoms with van der Waals surface area (Å²) in [5.41, 5.74) is 6.94. The molecular weight excluding hydrogens is 282 g/mol. The van der Waals surface area contributed by atoms with Gasteiger partial charge in [0.1, 0.15) is 17.2 Å².